The minimum Gasteiger partial charge on any atom is -0.444 e. The molecule has 0 unspecified atom stereocenters. The molecular weight excluding hydrogens is 609 g/mol. The number of benzene rings is 1. The second kappa shape index (κ2) is 12.5. The van der Waals surface area contributed by atoms with Crippen molar-refractivity contribution in [1.29, 1.82) is 0 Å². The summed E-state index contributed by atoms with van der Waals surface area (Å²) in [6, 6.07) is 11.3. The number of anilines is 2. The molecule has 2 aliphatic rings. The second-order valence-electron chi connectivity index (χ2n) is 13.3. The summed E-state index contributed by atoms with van der Waals surface area (Å²) in [5, 5.41) is 6.93. The molecule has 0 radical (unpaired) electrons. The third-order valence-electron chi connectivity index (χ3n) is 7.93. The average Bonchev–Trinajstić information content (AvgIpc) is 3.70. The van der Waals surface area contributed by atoms with Crippen LogP contribution in [-0.2, 0) is 30.4 Å². The number of hydrogen-bond acceptors (Lipinski definition) is 8. The van der Waals surface area contributed by atoms with Crippen LogP contribution in [0, 0.1) is 0 Å². The molecular formula is C34H39F3N8O2. The Morgan fingerprint density at radius 2 is 1.79 bits per heavy atom. The van der Waals surface area contributed by atoms with E-state index in [1.165, 1.54) is 4.57 Å². The van der Waals surface area contributed by atoms with Crippen LogP contribution in [0.2, 0.25) is 0 Å². The van der Waals surface area contributed by atoms with Crippen LogP contribution in [0.3, 0.4) is 0 Å². The van der Waals surface area contributed by atoms with Crippen LogP contribution in [0.15, 0.2) is 48.8 Å². The Balaban J connectivity index is 1.29. The zero-order chi connectivity index (χ0) is 33.5. The molecule has 13 heteroatoms. The first kappa shape index (κ1) is 32.3. The first-order valence-corrected chi connectivity index (χ1v) is 15.8. The lowest BCUT2D eigenvalue weighted by atomic mass is 10.1. The van der Waals surface area contributed by atoms with Crippen LogP contribution in [0.5, 0.6) is 0 Å². The SMILES string of the molecule is CC(C)n1cc(C(F)(F)F)nc1-c1ccc(CNc2nc(-c3cccnc3NC3CC3)nc3c2CN(C(=O)OC(C)(C)C)CC3)cc1. The van der Waals surface area contributed by atoms with Gasteiger partial charge < -0.3 is 24.8 Å². The molecule has 2 N–H and O–H groups in total. The van der Waals surface area contributed by atoms with E-state index in [1.807, 2.05) is 58.9 Å². The molecule has 1 aromatic carbocycles. The summed E-state index contributed by atoms with van der Waals surface area (Å²) in [6.45, 7) is 10.3. The number of imidazole rings is 1. The summed E-state index contributed by atoms with van der Waals surface area (Å²) in [4.78, 5) is 33.0. The molecule has 0 saturated heterocycles. The molecule has 1 aliphatic carbocycles. The summed E-state index contributed by atoms with van der Waals surface area (Å²) in [7, 11) is 0. The zero-order valence-electron chi connectivity index (χ0n) is 27.1. The fourth-order valence-corrected chi connectivity index (χ4v) is 5.38. The third kappa shape index (κ3) is 7.50. The number of fused-ring (bicyclic) bond motifs is 1. The molecule has 10 nitrogen and oxygen atoms in total. The number of carbonyl (C=O) groups excluding carboxylic acids is 1. The van der Waals surface area contributed by atoms with Crippen molar-refractivity contribution in [1.82, 2.24) is 29.4 Å². The molecule has 0 bridgehead atoms. The van der Waals surface area contributed by atoms with Crippen molar-refractivity contribution < 1.29 is 22.7 Å². The summed E-state index contributed by atoms with van der Waals surface area (Å²) >= 11 is 0. The minimum atomic E-state index is -4.53. The summed E-state index contributed by atoms with van der Waals surface area (Å²) in [5.41, 5.74) is 2.37. The molecule has 3 aromatic heterocycles. The van der Waals surface area contributed by atoms with E-state index in [0.29, 0.717) is 42.8 Å². The maximum atomic E-state index is 13.4. The van der Waals surface area contributed by atoms with Gasteiger partial charge in [0.05, 0.1) is 17.8 Å². The quantitative estimate of drug-likeness (QED) is 0.202. The van der Waals surface area contributed by atoms with Crippen molar-refractivity contribution in [2.24, 2.45) is 0 Å². The second-order valence-corrected chi connectivity index (χ2v) is 13.3. The van der Waals surface area contributed by atoms with E-state index in [9.17, 15) is 18.0 Å². The largest absolute Gasteiger partial charge is 0.444 e. The number of alkyl halides is 3. The highest BCUT2D eigenvalue weighted by molar-refractivity contribution is 5.73. The van der Waals surface area contributed by atoms with Crippen molar-refractivity contribution in [2.75, 3.05) is 17.2 Å². The van der Waals surface area contributed by atoms with Gasteiger partial charge in [-0.15, -0.1) is 0 Å². The molecule has 0 spiro atoms. The Labute approximate surface area is 271 Å². The predicted octanol–water partition coefficient (Wildman–Crippen LogP) is 7.48. The Morgan fingerprint density at radius 1 is 1.04 bits per heavy atom. The fraction of sp³-hybridized carbons (Fsp3) is 0.441. The van der Waals surface area contributed by atoms with Crippen LogP contribution >= 0.6 is 0 Å². The molecule has 0 atom stereocenters. The number of ether oxygens (including phenoxy) is 1. The van der Waals surface area contributed by atoms with Gasteiger partial charge in [-0.05, 0) is 65.2 Å². The van der Waals surface area contributed by atoms with Gasteiger partial charge >= 0.3 is 12.3 Å². The number of nitrogens with one attached hydrogen (secondary N) is 2. The van der Waals surface area contributed by atoms with Gasteiger partial charge in [0.15, 0.2) is 11.5 Å². The zero-order valence-corrected chi connectivity index (χ0v) is 27.1. The minimum absolute atomic E-state index is 0.201. The number of amides is 1. The normalized spacial score (nSPS) is 15.0. The van der Waals surface area contributed by atoms with Gasteiger partial charge in [0.25, 0.3) is 0 Å². The van der Waals surface area contributed by atoms with Crippen LogP contribution in [0.4, 0.5) is 29.6 Å². The van der Waals surface area contributed by atoms with Crippen molar-refractivity contribution in [2.45, 2.75) is 90.8 Å². The van der Waals surface area contributed by atoms with Crippen LogP contribution in [0.1, 0.15) is 76.0 Å². The van der Waals surface area contributed by atoms with Gasteiger partial charge in [0.1, 0.15) is 23.1 Å². The molecule has 6 rings (SSSR count). The van der Waals surface area contributed by atoms with E-state index >= 15 is 0 Å². The summed E-state index contributed by atoms with van der Waals surface area (Å²) < 4.78 is 47.5. The Hall–Kier alpha value is -4.68. The van der Waals surface area contributed by atoms with Gasteiger partial charge in [-0.25, -0.2) is 24.7 Å². The molecule has 248 valence electrons. The molecule has 1 fully saturated rings. The van der Waals surface area contributed by atoms with Crippen LogP contribution < -0.4 is 10.6 Å². The van der Waals surface area contributed by atoms with E-state index in [2.05, 4.69) is 20.6 Å². The van der Waals surface area contributed by atoms with Crippen molar-refractivity contribution >= 4 is 17.7 Å². The number of nitrogens with zero attached hydrogens (tertiary/aromatic N) is 6. The first-order chi connectivity index (χ1) is 22.2. The summed E-state index contributed by atoms with van der Waals surface area (Å²) in [5.74, 6) is 2.12. The van der Waals surface area contributed by atoms with Crippen LogP contribution in [-0.4, -0.2) is 53.7 Å². The third-order valence-corrected chi connectivity index (χ3v) is 7.93. The molecule has 4 aromatic rings. The average molecular weight is 649 g/mol. The van der Waals surface area contributed by atoms with Gasteiger partial charge in [-0.1, -0.05) is 24.3 Å². The van der Waals surface area contributed by atoms with Crippen molar-refractivity contribution in [3.05, 3.63) is 71.3 Å². The molecule has 1 saturated carbocycles. The Morgan fingerprint density at radius 3 is 2.45 bits per heavy atom. The molecule has 4 heterocycles. The highest BCUT2D eigenvalue weighted by Gasteiger charge is 2.35. The Kier molecular flexibility index (Phi) is 8.58. The monoisotopic (exact) mass is 648 g/mol. The first-order valence-electron chi connectivity index (χ1n) is 15.8. The lowest BCUT2D eigenvalue weighted by molar-refractivity contribution is -0.140. The standard InChI is InChI=1S/C34H39F3N8O2/c1-20(2)45-19-27(34(35,36)37)42-31(45)22-10-8-21(9-11-22)17-39-29-25-18-44(32(46)47-33(3,4)5)16-14-26(25)41-30(43-29)24-7-6-15-38-28(24)40-23-12-13-23/h6-11,15,19-20,23H,12-14,16-18H2,1-5H3,(H,38,40)(H,39,41,43). The highest BCUT2D eigenvalue weighted by atomic mass is 19.4. The van der Waals surface area contributed by atoms with Crippen LogP contribution in [0.25, 0.3) is 22.8 Å². The van der Waals surface area contributed by atoms with Gasteiger partial charge in [0, 0.05) is 55.1 Å². The van der Waals surface area contributed by atoms with Crippen molar-refractivity contribution in [3.8, 4) is 22.8 Å². The molecule has 47 heavy (non-hydrogen) atoms. The van der Waals surface area contributed by atoms with E-state index in [1.54, 1.807) is 23.2 Å². The van der Waals surface area contributed by atoms with Gasteiger partial charge in [-0.3, -0.25) is 0 Å². The maximum absolute atomic E-state index is 13.4. The lowest BCUT2D eigenvalue weighted by Gasteiger charge is -2.31. The number of rotatable bonds is 8. The smallest absolute Gasteiger partial charge is 0.434 e. The highest BCUT2D eigenvalue weighted by Crippen LogP contribution is 2.34. The van der Waals surface area contributed by atoms with Gasteiger partial charge in [0.2, 0.25) is 0 Å². The number of aromatic nitrogens is 5. The van der Waals surface area contributed by atoms with E-state index < -0.39 is 23.6 Å². The van der Waals surface area contributed by atoms with E-state index in [-0.39, 0.29) is 18.4 Å². The molecule has 1 amide bonds. The number of halogens is 3. The summed E-state index contributed by atoms with van der Waals surface area (Å²) in [6.07, 6.45) is 0.585. The number of carbonyl (C=O) groups is 1. The van der Waals surface area contributed by atoms with E-state index in [4.69, 9.17) is 14.7 Å². The lowest BCUT2D eigenvalue weighted by Crippen LogP contribution is -2.40. The topological polar surface area (TPSA) is 110 Å². The fourth-order valence-electron chi connectivity index (χ4n) is 5.38. The van der Waals surface area contributed by atoms with Crippen molar-refractivity contribution in [3.63, 3.8) is 0 Å². The van der Waals surface area contributed by atoms with Gasteiger partial charge in [-0.2, -0.15) is 13.2 Å². The predicted molar refractivity (Wildman–Crippen MR) is 173 cm³/mol. The Bertz CT molecular complexity index is 1760. The number of hydrogen-bond donors (Lipinski definition) is 2. The molecule has 1 aliphatic heterocycles. The number of pyridine rings is 1. The maximum Gasteiger partial charge on any atom is 0.434 e. The van der Waals surface area contributed by atoms with E-state index in [0.717, 1.165) is 47.2 Å².